The van der Waals surface area contributed by atoms with E-state index in [0.717, 1.165) is 0 Å². The minimum Gasteiger partial charge on any atom is -0.494 e. The van der Waals surface area contributed by atoms with Gasteiger partial charge in [0.15, 0.2) is 5.58 Å². The van der Waals surface area contributed by atoms with Crippen LogP contribution in [0.5, 0.6) is 5.75 Å². The van der Waals surface area contributed by atoms with Gasteiger partial charge in [-0.15, -0.1) is 0 Å². The predicted octanol–water partition coefficient (Wildman–Crippen LogP) is 4.04. The number of methoxy groups -OCH3 is 1. The number of anilines is 1. The summed E-state index contributed by atoms with van der Waals surface area (Å²) in [5.74, 6) is 0.801. The number of hydrogen-bond donors (Lipinski definition) is 2. The summed E-state index contributed by atoms with van der Waals surface area (Å²) >= 11 is 6.51. The second-order valence-electron chi connectivity index (χ2n) is 6.19. The van der Waals surface area contributed by atoms with E-state index in [1.807, 2.05) is 20.8 Å². The molecule has 1 aromatic carbocycles. The zero-order chi connectivity index (χ0) is 17.9. The Bertz CT molecular complexity index is 765. The van der Waals surface area contributed by atoms with Gasteiger partial charge in [0.25, 0.3) is 0 Å². The highest BCUT2D eigenvalue weighted by Crippen LogP contribution is 2.33. The first-order valence-electron chi connectivity index (χ1n) is 7.35. The van der Waals surface area contributed by atoms with E-state index in [-0.39, 0.29) is 11.8 Å². The van der Waals surface area contributed by atoms with E-state index in [0.29, 0.717) is 38.5 Å². The van der Waals surface area contributed by atoms with Gasteiger partial charge in [0.2, 0.25) is 5.89 Å². The third kappa shape index (κ3) is 4.61. The molecular formula is C16H20N2O4S2. The fourth-order valence-electron chi connectivity index (χ4n) is 1.92. The lowest BCUT2D eigenvalue weighted by Crippen LogP contribution is -2.10. The molecule has 6 nitrogen and oxygen atoms in total. The van der Waals surface area contributed by atoms with Gasteiger partial charge in [0, 0.05) is 23.3 Å². The predicted molar refractivity (Wildman–Crippen MR) is 100 cm³/mol. The first-order chi connectivity index (χ1) is 11.2. The number of hydrogen-bond acceptors (Lipinski definition) is 6. The van der Waals surface area contributed by atoms with Gasteiger partial charge in [-0.1, -0.05) is 44.8 Å². The lowest BCUT2D eigenvalue weighted by atomic mass is 9.97. The van der Waals surface area contributed by atoms with Crippen LogP contribution >= 0.6 is 24.0 Å². The molecule has 2 rings (SSSR count). The van der Waals surface area contributed by atoms with Crippen molar-refractivity contribution in [3.05, 3.63) is 18.0 Å². The molecule has 0 fully saturated rings. The molecule has 0 atom stereocenters. The molecule has 24 heavy (non-hydrogen) atoms. The number of aliphatic carboxylic acids is 1. The highest BCUT2D eigenvalue weighted by atomic mass is 32.2. The molecule has 0 saturated heterocycles. The molecule has 2 N–H and O–H groups in total. The largest absolute Gasteiger partial charge is 0.494 e. The van der Waals surface area contributed by atoms with Gasteiger partial charge < -0.3 is 19.6 Å². The van der Waals surface area contributed by atoms with Crippen LogP contribution in [0.15, 0.2) is 16.5 Å². The number of ether oxygens (including phenoxy) is 1. The van der Waals surface area contributed by atoms with E-state index in [2.05, 4.69) is 10.3 Å². The molecule has 0 unspecified atom stereocenters. The Hall–Kier alpha value is -1.80. The molecule has 0 bridgehead atoms. The van der Waals surface area contributed by atoms with Crippen LogP contribution in [-0.4, -0.2) is 33.2 Å². The minimum absolute atomic E-state index is 0.0553. The van der Waals surface area contributed by atoms with Gasteiger partial charge in [-0.3, -0.25) is 4.79 Å². The van der Waals surface area contributed by atoms with Crippen molar-refractivity contribution in [3.8, 4) is 5.75 Å². The zero-order valence-corrected chi connectivity index (χ0v) is 15.6. The number of thioether (sulfide) groups is 1. The average molecular weight is 368 g/mol. The van der Waals surface area contributed by atoms with E-state index in [1.54, 1.807) is 19.2 Å². The van der Waals surface area contributed by atoms with Gasteiger partial charge >= 0.3 is 5.97 Å². The fourth-order valence-corrected chi connectivity index (χ4v) is 2.92. The maximum atomic E-state index is 10.6. The van der Waals surface area contributed by atoms with Crippen LogP contribution in [-0.2, 0) is 10.2 Å². The number of carboxylic acid groups (broad SMARTS) is 1. The third-order valence-corrected chi connectivity index (χ3v) is 4.37. The molecule has 0 aliphatic heterocycles. The number of carboxylic acids is 1. The summed E-state index contributed by atoms with van der Waals surface area (Å²) in [4.78, 5) is 15.1. The number of fused-ring (bicyclic) bond motifs is 1. The maximum Gasteiger partial charge on any atom is 0.304 e. The van der Waals surface area contributed by atoms with E-state index in [4.69, 9.17) is 26.5 Å². The summed E-state index contributed by atoms with van der Waals surface area (Å²) in [6, 6.07) is 3.58. The Morgan fingerprint density at radius 1 is 1.46 bits per heavy atom. The highest BCUT2D eigenvalue weighted by Gasteiger charge is 2.22. The Morgan fingerprint density at radius 3 is 2.75 bits per heavy atom. The first kappa shape index (κ1) is 18.5. The number of nitrogens with one attached hydrogen (secondary N) is 1. The number of carbonyl (C=O) groups is 1. The number of aromatic nitrogens is 1. The van der Waals surface area contributed by atoms with Crippen molar-refractivity contribution in [3.63, 3.8) is 0 Å². The standard InChI is InChI=1S/C16H20N2O4S2/c1-16(2,3)14-17-10-7-11(21-4)9(8-12(10)22-14)18-15(23)24-6-5-13(19)20/h7-8H,5-6H2,1-4H3,(H,18,23)(H,19,20). The van der Waals surface area contributed by atoms with Crippen LogP contribution < -0.4 is 10.1 Å². The van der Waals surface area contributed by atoms with Gasteiger partial charge in [-0.25, -0.2) is 4.98 Å². The van der Waals surface area contributed by atoms with Crippen molar-refractivity contribution in [2.24, 2.45) is 0 Å². The zero-order valence-electron chi connectivity index (χ0n) is 14.0. The summed E-state index contributed by atoms with van der Waals surface area (Å²) in [5, 5.41) is 11.7. The molecule has 0 radical (unpaired) electrons. The summed E-state index contributed by atoms with van der Waals surface area (Å²) < 4.78 is 11.7. The Balaban J connectivity index is 2.22. The molecule has 0 saturated carbocycles. The summed E-state index contributed by atoms with van der Waals surface area (Å²) in [7, 11) is 1.57. The Morgan fingerprint density at radius 2 is 2.17 bits per heavy atom. The van der Waals surface area contributed by atoms with Gasteiger partial charge in [0.05, 0.1) is 19.2 Å². The third-order valence-electron chi connectivity index (χ3n) is 3.14. The Labute approximate surface area is 150 Å². The SMILES string of the molecule is COc1cc2nc(C(C)(C)C)oc2cc1NC(=S)SCCC(=O)O. The number of thiocarbonyl (C=S) groups is 1. The molecule has 1 aromatic heterocycles. The van der Waals surface area contributed by atoms with Crippen molar-refractivity contribution < 1.29 is 19.1 Å². The van der Waals surface area contributed by atoms with Crippen LogP contribution in [0.3, 0.4) is 0 Å². The second-order valence-corrected chi connectivity index (χ2v) is 7.97. The monoisotopic (exact) mass is 368 g/mol. The van der Waals surface area contributed by atoms with Crippen molar-refractivity contribution in [2.75, 3.05) is 18.2 Å². The van der Waals surface area contributed by atoms with Crippen molar-refractivity contribution >= 4 is 51.1 Å². The van der Waals surface area contributed by atoms with Crippen molar-refractivity contribution in [1.29, 1.82) is 0 Å². The smallest absolute Gasteiger partial charge is 0.304 e. The molecule has 130 valence electrons. The molecule has 2 aromatic rings. The fraction of sp³-hybridized carbons (Fsp3) is 0.438. The van der Waals surface area contributed by atoms with E-state index >= 15 is 0 Å². The van der Waals surface area contributed by atoms with Crippen LogP contribution in [0.1, 0.15) is 33.1 Å². The molecule has 0 aliphatic rings. The highest BCUT2D eigenvalue weighted by molar-refractivity contribution is 8.23. The molecule has 0 aliphatic carbocycles. The summed E-state index contributed by atoms with van der Waals surface area (Å²) in [5.41, 5.74) is 1.82. The van der Waals surface area contributed by atoms with Crippen LogP contribution in [0.25, 0.3) is 11.1 Å². The molecule has 8 heteroatoms. The van der Waals surface area contributed by atoms with Gasteiger partial charge in [-0.05, 0) is 0 Å². The average Bonchev–Trinajstić information content (AvgIpc) is 2.88. The molecule has 0 amide bonds. The number of oxazole rings is 1. The van der Waals surface area contributed by atoms with Gasteiger partial charge in [-0.2, -0.15) is 0 Å². The minimum atomic E-state index is -0.847. The number of benzene rings is 1. The van der Waals surface area contributed by atoms with E-state index in [9.17, 15) is 4.79 Å². The van der Waals surface area contributed by atoms with Crippen LogP contribution in [0.4, 0.5) is 5.69 Å². The molecule has 1 heterocycles. The topological polar surface area (TPSA) is 84.6 Å². The quantitative estimate of drug-likeness (QED) is 0.765. The number of nitrogens with zero attached hydrogens (tertiary/aromatic N) is 1. The number of rotatable bonds is 5. The lowest BCUT2D eigenvalue weighted by Gasteiger charge is -2.11. The van der Waals surface area contributed by atoms with Crippen molar-refractivity contribution in [2.45, 2.75) is 32.6 Å². The summed E-state index contributed by atoms with van der Waals surface area (Å²) in [6.45, 7) is 6.09. The first-order valence-corrected chi connectivity index (χ1v) is 8.74. The van der Waals surface area contributed by atoms with E-state index < -0.39 is 5.97 Å². The second kappa shape index (κ2) is 7.40. The maximum absolute atomic E-state index is 10.6. The van der Waals surface area contributed by atoms with Crippen molar-refractivity contribution in [1.82, 2.24) is 4.98 Å². The van der Waals surface area contributed by atoms with Crippen LogP contribution in [0.2, 0.25) is 0 Å². The lowest BCUT2D eigenvalue weighted by molar-refractivity contribution is -0.136. The normalized spacial score (nSPS) is 11.5. The summed E-state index contributed by atoms with van der Waals surface area (Å²) in [6.07, 6.45) is 0.0553. The Kier molecular flexibility index (Phi) is 5.71. The van der Waals surface area contributed by atoms with E-state index in [1.165, 1.54) is 11.8 Å². The molecule has 0 spiro atoms. The van der Waals surface area contributed by atoms with Gasteiger partial charge in [0.1, 0.15) is 15.6 Å². The van der Waals surface area contributed by atoms with Crippen LogP contribution in [0, 0.1) is 0 Å². The molecular weight excluding hydrogens is 348 g/mol.